The fourth-order valence-electron chi connectivity index (χ4n) is 2.43. The summed E-state index contributed by atoms with van der Waals surface area (Å²) in [6, 6.07) is 15.6. The van der Waals surface area contributed by atoms with Crippen molar-refractivity contribution in [1.82, 2.24) is 9.97 Å². The molecule has 1 heterocycles. The summed E-state index contributed by atoms with van der Waals surface area (Å²) in [5, 5.41) is 9.72. The van der Waals surface area contributed by atoms with Crippen molar-refractivity contribution in [2.75, 3.05) is 14.2 Å². The van der Waals surface area contributed by atoms with Gasteiger partial charge in [-0.1, -0.05) is 42.5 Å². The molecule has 7 heteroatoms. The normalized spacial score (nSPS) is 10.2. The molecule has 3 aromatic rings. The number of ether oxygens (including phenoxy) is 3. The maximum Gasteiger partial charge on any atom is 0.340 e. The zero-order chi connectivity index (χ0) is 18.5. The Bertz CT molecular complexity index is 906. The molecule has 2 aromatic carbocycles. The van der Waals surface area contributed by atoms with Gasteiger partial charge in [-0.25, -0.2) is 4.79 Å². The van der Waals surface area contributed by atoms with Crippen LogP contribution >= 0.6 is 0 Å². The second kappa shape index (κ2) is 7.52. The molecule has 0 unspecified atom stereocenters. The van der Waals surface area contributed by atoms with Gasteiger partial charge in [0.2, 0.25) is 11.8 Å². The van der Waals surface area contributed by atoms with Crippen LogP contribution in [-0.2, 0) is 0 Å². The Labute approximate surface area is 149 Å². The van der Waals surface area contributed by atoms with Crippen molar-refractivity contribution in [3.63, 3.8) is 0 Å². The van der Waals surface area contributed by atoms with Crippen molar-refractivity contribution in [2.45, 2.75) is 0 Å². The van der Waals surface area contributed by atoms with Gasteiger partial charge in [-0.2, -0.15) is 9.97 Å². The van der Waals surface area contributed by atoms with E-state index in [0.717, 1.165) is 5.56 Å². The van der Waals surface area contributed by atoms with E-state index in [0.29, 0.717) is 5.56 Å². The van der Waals surface area contributed by atoms with Gasteiger partial charge < -0.3 is 19.3 Å². The third kappa shape index (κ3) is 3.56. The van der Waals surface area contributed by atoms with Gasteiger partial charge >= 0.3 is 12.0 Å². The van der Waals surface area contributed by atoms with Crippen molar-refractivity contribution in [3.05, 3.63) is 60.2 Å². The first-order chi connectivity index (χ1) is 12.6. The van der Waals surface area contributed by atoms with Gasteiger partial charge in [-0.05, 0) is 17.2 Å². The summed E-state index contributed by atoms with van der Waals surface area (Å²) in [6.45, 7) is 0. The summed E-state index contributed by atoms with van der Waals surface area (Å²) in [7, 11) is 2.90. The lowest BCUT2D eigenvalue weighted by atomic mass is 9.99. The summed E-state index contributed by atoms with van der Waals surface area (Å²) in [5.74, 6) is -0.519. The zero-order valence-corrected chi connectivity index (χ0v) is 14.2. The number of carboxylic acids is 1. The van der Waals surface area contributed by atoms with Crippen LogP contribution in [0.5, 0.6) is 23.5 Å². The van der Waals surface area contributed by atoms with Crippen LogP contribution in [0.3, 0.4) is 0 Å². The fourth-order valence-corrected chi connectivity index (χ4v) is 2.43. The van der Waals surface area contributed by atoms with Crippen LogP contribution in [-0.4, -0.2) is 35.3 Å². The van der Waals surface area contributed by atoms with Gasteiger partial charge in [0.25, 0.3) is 0 Å². The molecule has 0 spiro atoms. The van der Waals surface area contributed by atoms with Gasteiger partial charge in [0.15, 0.2) is 0 Å². The number of aromatic nitrogens is 2. The summed E-state index contributed by atoms with van der Waals surface area (Å²) in [4.78, 5) is 20.0. The molecule has 26 heavy (non-hydrogen) atoms. The molecule has 0 saturated heterocycles. The molecular weight excluding hydrogens is 336 g/mol. The number of hydrogen-bond donors (Lipinski definition) is 1. The van der Waals surface area contributed by atoms with Crippen molar-refractivity contribution < 1.29 is 24.1 Å². The standard InChI is InChI=1S/C19H16N2O5/c1-24-15-11-16(25-2)21-19(20-15)26-14-10-6-9-13(17(14)18(22)23)12-7-4-3-5-8-12/h3-11H,1-2H3,(H,22,23). The van der Waals surface area contributed by atoms with Gasteiger partial charge in [0, 0.05) is 0 Å². The third-order valence-corrected chi connectivity index (χ3v) is 3.60. The topological polar surface area (TPSA) is 90.8 Å². The molecule has 0 aliphatic heterocycles. The fraction of sp³-hybridized carbons (Fsp3) is 0.105. The zero-order valence-electron chi connectivity index (χ0n) is 14.2. The molecule has 1 N–H and O–H groups in total. The first kappa shape index (κ1) is 17.2. The van der Waals surface area contributed by atoms with Crippen molar-refractivity contribution in [2.24, 2.45) is 0 Å². The molecule has 0 aliphatic carbocycles. The summed E-state index contributed by atoms with van der Waals surface area (Å²) in [6.07, 6.45) is 0. The lowest BCUT2D eigenvalue weighted by Gasteiger charge is -2.12. The smallest absolute Gasteiger partial charge is 0.340 e. The first-order valence-electron chi connectivity index (χ1n) is 7.69. The Hall–Kier alpha value is -3.61. The third-order valence-electron chi connectivity index (χ3n) is 3.60. The number of carboxylic acid groups (broad SMARTS) is 1. The van der Waals surface area contributed by atoms with Crippen molar-refractivity contribution in [1.29, 1.82) is 0 Å². The number of nitrogens with zero attached hydrogens (tertiary/aromatic N) is 2. The number of aromatic carboxylic acids is 1. The molecule has 0 amide bonds. The molecule has 0 atom stereocenters. The number of rotatable bonds is 6. The molecule has 0 radical (unpaired) electrons. The molecule has 132 valence electrons. The molecule has 1 aromatic heterocycles. The van der Waals surface area contributed by atoms with E-state index >= 15 is 0 Å². The van der Waals surface area contributed by atoms with Crippen LogP contribution in [0.25, 0.3) is 11.1 Å². The van der Waals surface area contributed by atoms with Gasteiger partial charge in [0.1, 0.15) is 11.3 Å². The minimum Gasteiger partial charge on any atom is -0.481 e. The van der Waals surface area contributed by atoms with Gasteiger partial charge in [0.05, 0.1) is 20.3 Å². The summed E-state index contributed by atoms with van der Waals surface area (Å²) < 4.78 is 15.8. The Kier molecular flexibility index (Phi) is 4.98. The van der Waals surface area contributed by atoms with Crippen LogP contribution in [0.4, 0.5) is 0 Å². The van der Waals surface area contributed by atoms with E-state index in [-0.39, 0.29) is 29.1 Å². The van der Waals surface area contributed by atoms with Crippen molar-refractivity contribution in [3.8, 4) is 34.6 Å². The quantitative estimate of drug-likeness (QED) is 0.724. The van der Waals surface area contributed by atoms with E-state index in [1.807, 2.05) is 30.3 Å². The van der Waals surface area contributed by atoms with Crippen LogP contribution in [0, 0.1) is 0 Å². The lowest BCUT2D eigenvalue weighted by molar-refractivity contribution is 0.0695. The van der Waals surface area contributed by atoms with E-state index in [9.17, 15) is 9.90 Å². The van der Waals surface area contributed by atoms with E-state index in [1.165, 1.54) is 20.3 Å². The Morgan fingerprint density at radius 2 is 1.58 bits per heavy atom. The molecule has 0 bridgehead atoms. The maximum absolute atomic E-state index is 11.9. The van der Waals surface area contributed by atoms with E-state index in [1.54, 1.807) is 18.2 Å². The van der Waals surface area contributed by atoms with Crippen LogP contribution in [0.1, 0.15) is 10.4 Å². The van der Waals surface area contributed by atoms with Crippen LogP contribution in [0.2, 0.25) is 0 Å². The van der Waals surface area contributed by atoms with Crippen LogP contribution < -0.4 is 14.2 Å². The molecule has 0 aliphatic rings. The van der Waals surface area contributed by atoms with Gasteiger partial charge in [-0.3, -0.25) is 0 Å². The predicted molar refractivity (Wildman–Crippen MR) is 94.0 cm³/mol. The highest BCUT2D eigenvalue weighted by Gasteiger charge is 2.19. The summed E-state index contributed by atoms with van der Waals surface area (Å²) in [5.41, 5.74) is 1.31. The highest BCUT2D eigenvalue weighted by Crippen LogP contribution is 2.33. The molecule has 3 rings (SSSR count). The Morgan fingerprint density at radius 1 is 0.923 bits per heavy atom. The number of hydrogen-bond acceptors (Lipinski definition) is 6. The molecule has 0 saturated carbocycles. The molecule has 7 nitrogen and oxygen atoms in total. The maximum atomic E-state index is 11.9. The monoisotopic (exact) mass is 352 g/mol. The highest BCUT2D eigenvalue weighted by atomic mass is 16.5. The minimum absolute atomic E-state index is 0.0177. The Morgan fingerprint density at radius 3 is 2.15 bits per heavy atom. The van der Waals surface area contributed by atoms with Crippen molar-refractivity contribution >= 4 is 5.97 Å². The largest absolute Gasteiger partial charge is 0.481 e. The van der Waals surface area contributed by atoms with E-state index in [2.05, 4.69) is 9.97 Å². The number of methoxy groups -OCH3 is 2. The van der Waals surface area contributed by atoms with E-state index in [4.69, 9.17) is 14.2 Å². The second-order valence-corrected chi connectivity index (χ2v) is 5.19. The highest BCUT2D eigenvalue weighted by molar-refractivity contribution is 5.99. The first-order valence-corrected chi connectivity index (χ1v) is 7.69. The predicted octanol–water partition coefficient (Wildman–Crippen LogP) is 3.65. The average Bonchev–Trinajstić information content (AvgIpc) is 2.68. The summed E-state index contributed by atoms with van der Waals surface area (Å²) >= 11 is 0. The van der Waals surface area contributed by atoms with Crippen LogP contribution in [0.15, 0.2) is 54.6 Å². The molecule has 0 fully saturated rings. The van der Waals surface area contributed by atoms with E-state index < -0.39 is 5.97 Å². The number of benzene rings is 2. The van der Waals surface area contributed by atoms with Gasteiger partial charge in [-0.15, -0.1) is 0 Å². The second-order valence-electron chi connectivity index (χ2n) is 5.19. The average molecular weight is 352 g/mol. The number of carbonyl (C=O) groups is 1. The molecular formula is C19H16N2O5. The SMILES string of the molecule is COc1cc(OC)nc(Oc2cccc(-c3ccccc3)c2C(=O)O)n1. The minimum atomic E-state index is -1.12. The Balaban J connectivity index is 2.07. The lowest BCUT2D eigenvalue weighted by Crippen LogP contribution is -2.05.